The average molecular weight is 332 g/mol. The summed E-state index contributed by atoms with van der Waals surface area (Å²) in [6.45, 7) is 11.9. The summed E-state index contributed by atoms with van der Waals surface area (Å²) in [5, 5.41) is 3.07. The largest absolute Gasteiger partial charge is 0.494 e. The summed E-state index contributed by atoms with van der Waals surface area (Å²) in [7, 11) is 0. The molecule has 1 amide bonds. The van der Waals surface area contributed by atoms with Crippen molar-refractivity contribution in [1.29, 1.82) is 0 Å². The Morgan fingerprint density at radius 3 is 2.50 bits per heavy atom. The molecule has 1 aromatic rings. The summed E-state index contributed by atoms with van der Waals surface area (Å²) in [5.41, 5.74) is 1.27. The van der Waals surface area contributed by atoms with Crippen LogP contribution in [0.4, 0.5) is 0 Å². The molecule has 1 aliphatic heterocycles. The van der Waals surface area contributed by atoms with Crippen molar-refractivity contribution in [3.05, 3.63) is 29.8 Å². The molecule has 0 saturated carbocycles. The summed E-state index contributed by atoms with van der Waals surface area (Å²) < 4.78 is 5.75. The van der Waals surface area contributed by atoms with Gasteiger partial charge in [-0.2, -0.15) is 0 Å². The maximum atomic E-state index is 12.0. The van der Waals surface area contributed by atoms with Crippen molar-refractivity contribution in [2.24, 2.45) is 11.8 Å². The number of ether oxygens (including phenoxy) is 1. The summed E-state index contributed by atoms with van der Waals surface area (Å²) in [6, 6.07) is 8.61. The van der Waals surface area contributed by atoms with Crippen LogP contribution in [-0.4, -0.2) is 36.5 Å². The monoisotopic (exact) mass is 332 g/mol. The Bertz CT molecular complexity index is 507. The Morgan fingerprint density at radius 1 is 1.25 bits per heavy atom. The van der Waals surface area contributed by atoms with Gasteiger partial charge in [0.1, 0.15) is 5.75 Å². The first-order valence-corrected chi connectivity index (χ1v) is 9.22. The van der Waals surface area contributed by atoms with E-state index in [0.717, 1.165) is 44.8 Å². The smallest absolute Gasteiger partial charge is 0.225 e. The van der Waals surface area contributed by atoms with Crippen LogP contribution in [-0.2, 0) is 11.3 Å². The average Bonchev–Trinajstić information content (AvgIpc) is 2.51. The van der Waals surface area contributed by atoms with Gasteiger partial charge in [-0.05, 0) is 43.4 Å². The zero-order valence-corrected chi connectivity index (χ0v) is 15.5. The standard InChI is InChI=1S/C20H32N2O2/c1-5-16(4)21-20(23)18-13-22(14-18)12-17-6-8-19(9-7-17)24-11-10-15(2)3/h6-9,15-16,18H,5,10-14H2,1-4H3,(H,21,23)/t16-/m1/s1. The summed E-state index contributed by atoms with van der Waals surface area (Å²) in [5.74, 6) is 1.96. The van der Waals surface area contributed by atoms with Crippen LogP contribution in [0.1, 0.15) is 46.1 Å². The van der Waals surface area contributed by atoms with Crippen molar-refractivity contribution in [2.45, 2.75) is 53.1 Å². The van der Waals surface area contributed by atoms with Gasteiger partial charge in [0, 0.05) is 25.7 Å². The quantitative estimate of drug-likeness (QED) is 0.753. The molecule has 1 N–H and O–H groups in total. The summed E-state index contributed by atoms with van der Waals surface area (Å²) >= 11 is 0. The van der Waals surface area contributed by atoms with Crippen molar-refractivity contribution >= 4 is 5.91 Å². The third-order valence-electron chi connectivity index (χ3n) is 4.62. The normalized spacial score (nSPS) is 16.7. The third kappa shape index (κ3) is 5.82. The molecule has 4 nitrogen and oxygen atoms in total. The van der Waals surface area contributed by atoms with Gasteiger partial charge in [-0.15, -0.1) is 0 Å². The molecular weight excluding hydrogens is 300 g/mol. The minimum Gasteiger partial charge on any atom is -0.494 e. The number of carbonyl (C=O) groups is 1. The predicted molar refractivity (Wildman–Crippen MR) is 98.1 cm³/mol. The zero-order chi connectivity index (χ0) is 17.5. The highest BCUT2D eigenvalue weighted by Gasteiger charge is 2.32. The Kier molecular flexibility index (Phi) is 7.10. The van der Waals surface area contributed by atoms with E-state index in [1.54, 1.807) is 0 Å². The van der Waals surface area contributed by atoms with E-state index in [4.69, 9.17) is 4.74 Å². The summed E-state index contributed by atoms with van der Waals surface area (Å²) in [6.07, 6.45) is 2.06. The van der Waals surface area contributed by atoms with Crippen LogP contribution in [0.2, 0.25) is 0 Å². The van der Waals surface area contributed by atoms with Gasteiger partial charge in [-0.1, -0.05) is 32.9 Å². The van der Waals surface area contributed by atoms with Crippen molar-refractivity contribution < 1.29 is 9.53 Å². The number of amides is 1. The van der Waals surface area contributed by atoms with Gasteiger partial charge in [-0.25, -0.2) is 0 Å². The van der Waals surface area contributed by atoms with Gasteiger partial charge < -0.3 is 10.1 Å². The van der Waals surface area contributed by atoms with Crippen LogP contribution in [0.25, 0.3) is 0 Å². The number of benzene rings is 1. The second-order valence-corrected chi connectivity index (χ2v) is 7.38. The minimum absolute atomic E-state index is 0.151. The number of carbonyl (C=O) groups excluding carboxylic acids is 1. The van der Waals surface area contributed by atoms with Crippen LogP contribution in [0.15, 0.2) is 24.3 Å². The van der Waals surface area contributed by atoms with E-state index in [-0.39, 0.29) is 17.9 Å². The fraction of sp³-hybridized carbons (Fsp3) is 0.650. The molecule has 24 heavy (non-hydrogen) atoms. The van der Waals surface area contributed by atoms with Crippen LogP contribution in [0.3, 0.4) is 0 Å². The maximum Gasteiger partial charge on any atom is 0.225 e. The van der Waals surface area contributed by atoms with E-state index in [9.17, 15) is 4.79 Å². The number of nitrogens with one attached hydrogen (secondary N) is 1. The van der Waals surface area contributed by atoms with E-state index in [1.807, 2.05) is 12.1 Å². The van der Waals surface area contributed by atoms with E-state index in [1.165, 1.54) is 5.56 Å². The molecule has 0 radical (unpaired) electrons. The first-order valence-electron chi connectivity index (χ1n) is 9.22. The Hall–Kier alpha value is -1.55. The lowest BCUT2D eigenvalue weighted by molar-refractivity contribution is -0.131. The fourth-order valence-electron chi connectivity index (χ4n) is 2.69. The number of likely N-dealkylation sites (tertiary alicyclic amines) is 1. The Balaban J connectivity index is 1.69. The van der Waals surface area contributed by atoms with E-state index in [2.05, 4.69) is 50.0 Å². The van der Waals surface area contributed by atoms with E-state index >= 15 is 0 Å². The second-order valence-electron chi connectivity index (χ2n) is 7.38. The highest BCUT2D eigenvalue weighted by Crippen LogP contribution is 2.21. The topological polar surface area (TPSA) is 41.6 Å². The number of hydrogen-bond acceptors (Lipinski definition) is 3. The molecule has 0 aromatic heterocycles. The van der Waals surface area contributed by atoms with Gasteiger partial charge in [0.15, 0.2) is 0 Å². The van der Waals surface area contributed by atoms with Gasteiger partial charge in [0.2, 0.25) is 5.91 Å². The van der Waals surface area contributed by atoms with Crippen molar-refractivity contribution in [1.82, 2.24) is 10.2 Å². The molecule has 1 fully saturated rings. The lowest BCUT2D eigenvalue weighted by atomic mass is 9.97. The lowest BCUT2D eigenvalue weighted by Crippen LogP contribution is -2.54. The van der Waals surface area contributed by atoms with Crippen LogP contribution >= 0.6 is 0 Å². The SMILES string of the molecule is CC[C@@H](C)NC(=O)C1CN(Cc2ccc(OCCC(C)C)cc2)C1. The minimum atomic E-state index is 0.151. The molecular formula is C20H32N2O2. The molecule has 0 aliphatic carbocycles. The van der Waals surface area contributed by atoms with Crippen molar-refractivity contribution in [3.8, 4) is 5.75 Å². The maximum absolute atomic E-state index is 12.0. The van der Waals surface area contributed by atoms with Crippen molar-refractivity contribution in [3.63, 3.8) is 0 Å². The fourth-order valence-corrected chi connectivity index (χ4v) is 2.69. The number of hydrogen-bond donors (Lipinski definition) is 1. The molecule has 4 heteroatoms. The van der Waals surface area contributed by atoms with Gasteiger partial charge in [-0.3, -0.25) is 9.69 Å². The predicted octanol–water partition coefficient (Wildman–Crippen LogP) is 3.46. The number of rotatable bonds is 9. The molecule has 1 aliphatic rings. The molecule has 134 valence electrons. The molecule has 1 atom stereocenters. The molecule has 1 saturated heterocycles. The van der Waals surface area contributed by atoms with E-state index < -0.39 is 0 Å². The first-order chi connectivity index (χ1) is 11.5. The summed E-state index contributed by atoms with van der Waals surface area (Å²) in [4.78, 5) is 14.3. The molecule has 0 bridgehead atoms. The Morgan fingerprint density at radius 2 is 1.92 bits per heavy atom. The lowest BCUT2D eigenvalue weighted by Gasteiger charge is -2.38. The van der Waals surface area contributed by atoms with Gasteiger partial charge >= 0.3 is 0 Å². The molecule has 1 aromatic carbocycles. The first kappa shape index (κ1) is 18.8. The van der Waals surface area contributed by atoms with Crippen molar-refractivity contribution in [2.75, 3.05) is 19.7 Å². The number of nitrogens with zero attached hydrogens (tertiary/aromatic N) is 1. The van der Waals surface area contributed by atoms with E-state index in [0.29, 0.717) is 5.92 Å². The third-order valence-corrected chi connectivity index (χ3v) is 4.62. The Labute approximate surface area is 146 Å². The highest BCUT2D eigenvalue weighted by molar-refractivity contribution is 5.80. The second kappa shape index (κ2) is 9.07. The van der Waals surface area contributed by atoms with Gasteiger partial charge in [0.25, 0.3) is 0 Å². The van der Waals surface area contributed by atoms with Gasteiger partial charge in [0.05, 0.1) is 12.5 Å². The van der Waals surface area contributed by atoms with Crippen LogP contribution in [0.5, 0.6) is 5.75 Å². The molecule has 1 heterocycles. The van der Waals surface area contributed by atoms with Crippen LogP contribution in [0, 0.1) is 11.8 Å². The molecule has 2 rings (SSSR count). The highest BCUT2D eigenvalue weighted by atomic mass is 16.5. The molecule has 0 unspecified atom stereocenters. The molecule has 0 spiro atoms. The van der Waals surface area contributed by atoms with Crippen LogP contribution < -0.4 is 10.1 Å². The zero-order valence-electron chi connectivity index (χ0n) is 15.5.